The van der Waals surface area contributed by atoms with Crippen molar-refractivity contribution in [2.24, 2.45) is 5.92 Å². The Morgan fingerprint density at radius 3 is 3.00 bits per heavy atom. The van der Waals surface area contributed by atoms with Gasteiger partial charge in [-0.25, -0.2) is 4.79 Å². The second-order valence-corrected chi connectivity index (χ2v) is 7.42. The highest BCUT2D eigenvalue weighted by Crippen LogP contribution is 2.61. The number of piperidine rings is 1. The minimum absolute atomic E-state index is 0.000700. The summed E-state index contributed by atoms with van der Waals surface area (Å²) >= 11 is 0. The number of nitrogens with one attached hydrogen (secondary N) is 1. The smallest absolute Gasteiger partial charge is 0.336 e. The van der Waals surface area contributed by atoms with Crippen molar-refractivity contribution >= 4 is 11.7 Å². The fraction of sp³-hybridized carbons (Fsp3) is 0.450. The van der Waals surface area contributed by atoms with Crippen LogP contribution >= 0.6 is 0 Å². The van der Waals surface area contributed by atoms with Gasteiger partial charge in [0.15, 0.2) is 0 Å². The molecule has 0 amide bonds. The maximum atomic E-state index is 12.8. The number of allylic oxidation sites excluding steroid dienone is 1. The number of hydrogen-bond acceptors (Lipinski definition) is 5. The van der Waals surface area contributed by atoms with Gasteiger partial charge in [-0.15, -0.1) is 0 Å². The van der Waals surface area contributed by atoms with Gasteiger partial charge < -0.3 is 15.2 Å². The molecule has 25 heavy (non-hydrogen) atoms. The van der Waals surface area contributed by atoms with Crippen molar-refractivity contribution in [2.75, 3.05) is 25.5 Å². The highest BCUT2D eigenvalue weighted by Gasteiger charge is 2.65. The third-order valence-corrected chi connectivity index (χ3v) is 6.61. The van der Waals surface area contributed by atoms with E-state index in [9.17, 15) is 9.90 Å². The summed E-state index contributed by atoms with van der Waals surface area (Å²) in [5, 5.41) is 14.8. The highest BCUT2D eigenvalue weighted by atomic mass is 16.5. The van der Waals surface area contributed by atoms with Crippen LogP contribution in [0, 0.1) is 5.92 Å². The number of ether oxygens (including phenoxy) is 1. The molecule has 1 aromatic carbocycles. The van der Waals surface area contributed by atoms with Gasteiger partial charge in [-0.2, -0.15) is 0 Å². The number of aliphatic hydroxyl groups is 1. The Balaban J connectivity index is 1.85. The first-order chi connectivity index (χ1) is 12.1. The maximum Gasteiger partial charge on any atom is 0.336 e. The molecule has 1 spiro atoms. The zero-order valence-electron chi connectivity index (χ0n) is 14.5. The van der Waals surface area contributed by atoms with Crippen LogP contribution in [-0.2, 0) is 14.9 Å². The van der Waals surface area contributed by atoms with Crippen LogP contribution in [0.5, 0.6) is 0 Å². The summed E-state index contributed by atoms with van der Waals surface area (Å²) in [6, 6.07) is 8.23. The normalized spacial score (nSPS) is 36.9. The van der Waals surface area contributed by atoms with E-state index in [1.165, 1.54) is 12.7 Å². The lowest BCUT2D eigenvalue weighted by atomic mass is 9.60. The standard InChI is InChI=1S/C20H22N2O3/c1-3-11-10-22-9-8-20-12-6-4-5-7-13(12)21-17(20)15(19(24)25-2)14(11)16(23)18(20)22/h3-7,14,16,18,21,23H,8-10H2,1-2H3/b11-3-/t14-,16+,18-,20?/m0/s1. The first-order valence-corrected chi connectivity index (χ1v) is 8.90. The van der Waals surface area contributed by atoms with Crippen molar-refractivity contribution in [1.82, 2.24) is 4.90 Å². The lowest BCUT2D eigenvalue weighted by Crippen LogP contribution is -2.61. The van der Waals surface area contributed by atoms with E-state index in [4.69, 9.17) is 4.74 Å². The van der Waals surface area contributed by atoms with Gasteiger partial charge in [-0.1, -0.05) is 24.3 Å². The molecule has 5 nitrogen and oxygen atoms in total. The van der Waals surface area contributed by atoms with E-state index in [0.29, 0.717) is 5.57 Å². The maximum absolute atomic E-state index is 12.8. The first kappa shape index (κ1) is 15.2. The van der Waals surface area contributed by atoms with Gasteiger partial charge >= 0.3 is 5.97 Å². The number of rotatable bonds is 1. The fourth-order valence-electron chi connectivity index (χ4n) is 5.70. The third kappa shape index (κ3) is 1.63. The molecule has 4 atom stereocenters. The molecule has 0 saturated carbocycles. The van der Waals surface area contributed by atoms with Gasteiger partial charge in [0.1, 0.15) is 0 Å². The quantitative estimate of drug-likeness (QED) is 0.604. The summed E-state index contributed by atoms with van der Waals surface area (Å²) in [6.45, 7) is 3.71. The molecular weight excluding hydrogens is 316 g/mol. The molecule has 5 heteroatoms. The van der Waals surface area contributed by atoms with E-state index in [2.05, 4.69) is 22.3 Å². The van der Waals surface area contributed by atoms with Crippen LogP contribution in [0.1, 0.15) is 18.9 Å². The Hall–Kier alpha value is -2.11. The minimum Gasteiger partial charge on any atom is -0.466 e. The van der Waals surface area contributed by atoms with Crippen LogP contribution in [0.4, 0.5) is 5.69 Å². The Kier molecular flexibility index (Phi) is 3.01. The van der Waals surface area contributed by atoms with E-state index in [-0.39, 0.29) is 23.3 Å². The van der Waals surface area contributed by atoms with E-state index < -0.39 is 6.10 Å². The van der Waals surface area contributed by atoms with E-state index >= 15 is 0 Å². The molecule has 130 valence electrons. The molecule has 2 bridgehead atoms. The van der Waals surface area contributed by atoms with Crippen molar-refractivity contribution in [2.45, 2.75) is 30.9 Å². The Morgan fingerprint density at radius 1 is 1.44 bits per heavy atom. The molecule has 0 radical (unpaired) electrons. The Labute approximate surface area is 147 Å². The lowest BCUT2D eigenvalue weighted by molar-refractivity contribution is -0.138. The molecule has 3 aliphatic heterocycles. The molecule has 0 aromatic heterocycles. The molecule has 1 unspecified atom stereocenters. The second kappa shape index (κ2) is 4.96. The van der Waals surface area contributed by atoms with Gasteiger partial charge in [-0.3, -0.25) is 4.90 Å². The molecule has 2 N–H and O–H groups in total. The van der Waals surface area contributed by atoms with Crippen LogP contribution in [0.2, 0.25) is 0 Å². The number of anilines is 1. The van der Waals surface area contributed by atoms with Crippen LogP contribution in [0.25, 0.3) is 0 Å². The van der Waals surface area contributed by atoms with Crippen molar-refractivity contribution < 1.29 is 14.6 Å². The molecule has 5 rings (SSSR count). The first-order valence-electron chi connectivity index (χ1n) is 8.90. The summed E-state index contributed by atoms with van der Waals surface area (Å²) in [7, 11) is 1.42. The van der Waals surface area contributed by atoms with Gasteiger partial charge in [0.2, 0.25) is 0 Å². The van der Waals surface area contributed by atoms with Crippen LogP contribution in [0.15, 0.2) is 47.2 Å². The summed E-state index contributed by atoms with van der Waals surface area (Å²) < 4.78 is 5.14. The Bertz CT molecular complexity index is 843. The third-order valence-electron chi connectivity index (χ3n) is 6.61. The van der Waals surface area contributed by atoms with E-state index in [1.807, 2.05) is 25.1 Å². The molecule has 2 saturated heterocycles. The van der Waals surface area contributed by atoms with Crippen LogP contribution < -0.4 is 5.32 Å². The number of aliphatic hydroxyl groups excluding tert-OH is 1. The monoisotopic (exact) mass is 338 g/mol. The van der Waals surface area contributed by atoms with E-state index in [0.717, 1.165) is 36.5 Å². The minimum atomic E-state index is -0.603. The summed E-state index contributed by atoms with van der Waals surface area (Å²) in [6.07, 6.45) is 2.34. The average Bonchev–Trinajstić information content (AvgIpc) is 3.18. The second-order valence-electron chi connectivity index (χ2n) is 7.42. The number of carbonyl (C=O) groups is 1. The molecule has 1 aliphatic carbocycles. The average molecular weight is 338 g/mol. The predicted molar refractivity (Wildman–Crippen MR) is 94.0 cm³/mol. The number of benzene rings is 1. The molecule has 2 fully saturated rings. The van der Waals surface area contributed by atoms with Gasteiger partial charge in [0, 0.05) is 30.4 Å². The van der Waals surface area contributed by atoms with E-state index in [1.54, 1.807) is 0 Å². The zero-order valence-corrected chi connectivity index (χ0v) is 14.5. The summed E-state index contributed by atoms with van der Waals surface area (Å²) in [5.41, 5.74) is 4.56. The highest BCUT2D eigenvalue weighted by molar-refractivity contribution is 5.94. The number of esters is 1. The lowest BCUT2D eigenvalue weighted by Gasteiger charge is -2.51. The largest absolute Gasteiger partial charge is 0.466 e. The topological polar surface area (TPSA) is 61.8 Å². The fourth-order valence-corrected chi connectivity index (χ4v) is 5.70. The van der Waals surface area contributed by atoms with Crippen LogP contribution in [0.3, 0.4) is 0 Å². The molecular formula is C20H22N2O3. The zero-order chi connectivity index (χ0) is 17.3. The van der Waals surface area contributed by atoms with Crippen LogP contribution in [-0.4, -0.2) is 48.3 Å². The number of carbonyl (C=O) groups excluding carboxylic acids is 1. The molecule has 4 aliphatic rings. The number of fused-ring (bicyclic) bond motifs is 2. The molecule has 3 heterocycles. The van der Waals surface area contributed by atoms with Gasteiger partial charge in [0.05, 0.1) is 30.2 Å². The number of para-hydroxylation sites is 1. The number of methoxy groups -OCH3 is 1. The summed E-state index contributed by atoms with van der Waals surface area (Å²) in [5.74, 6) is -0.626. The van der Waals surface area contributed by atoms with Gasteiger partial charge in [-0.05, 0) is 30.5 Å². The number of nitrogens with zero attached hydrogens (tertiary/aromatic N) is 1. The van der Waals surface area contributed by atoms with Gasteiger partial charge in [0.25, 0.3) is 0 Å². The Morgan fingerprint density at radius 2 is 2.24 bits per heavy atom. The van der Waals surface area contributed by atoms with Crippen molar-refractivity contribution in [1.29, 1.82) is 0 Å². The van der Waals surface area contributed by atoms with Crippen molar-refractivity contribution in [3.05, 3.63) is 52.7 Å². The SMILES string of the molecule is C/C=C1/CN2CCC34C(=C(C(=O)OC)[C@H]1[C@@H](O)[C@H]23)Nc1ccccc14. The number of hydrogen-bond donors (Lipinski definition) is 2. The molecule has 1 aromatic rings. The summed E-state index contributed by atoms with van der Waals surface area (Å²) in [4.78, 5) is 15.2. The van der Waals surface area contributed by atoms with Crippen molar-refractivity contribution in [3.63, 3.8) is 0 Å². The predicted octanol–water partition coefficient (Wildman–Crippen LogP) is 1.80. The van der Waals surface area contributed by atoms with Crippen molar-refractivity contribution in [3.8, 4) is 0 Å².